The van der Waals surface area contributed by atoms with Crippen LogP contribution in [0.2, 0.25) is 4.34 Å². The molecule has 1 atom stereocenters. The molecule has 0 fully saturated rings. The van der Waals surface area contributed by atoms with Crippen molar-refractivity contribution in [3.8, 4) is 0 Å². The number of fused-ring (bicyclic) bond motifs is 1. The van der Waals surface area contributed by atoms with Crippen molar-refractivity contribution < 1.29 is 9.59 Å². The molecule has 0 saturated carbocycles. The number of thiophene rings is 1. The number of hydrogen-bond donors (Lipinski definition) is 2. The summed E-state index contributed by atoms with van der Waals surface area (Å²) in [5.41, 5.74) is 1.79. The van der Waals surface area contributed by atoms with E-state index in [1.807, 2.05) is 31.2 Å². The van der Waals surface area contributed by atoms with Gasteiger partial charge in [0.1, 0.15) is 5.82 Å². The Morgan fingerprint density at radius 2 is 2.04 bits per heavy atom. The molecule has 0 aliphatic heterocycles. The summed E-state index contributed by atoms with van der Waals surface area (Å²) in [6.07, 6.45) is 0.300. The normalized spacial score (nSPS) is 12.2. The molecule has 0 radical (unpaired) electrons. The zero-order valence-corrected chi connectivity index (χ0v) is 14.6. The van der Waals surface area contributed by atoms with Crippen LogP contribution < -0.4 is 5.32 Å². The number of carbonyl (C=O) groups is 2. The van der Waals surface area contributed by atoms with Crippen LogP contribution in [0.5, 0.6) is 0 Å². The lowest BCUT2D eigenvalue weighted by Gasteiger charge is -2.11. The molecule has 0 aliphatic carbocycles. The minimum atomic E-state index is -0.254. The first-order valence-electron chi connectivity index (χ1n) is 7.55. The zero-order valence-electron chi connectivity index (χ0n) is 13.0. The van der Waals surface area contributed by atoms with E-state index in [2.05, 4.69) is 15.3 Å². The van der Waals surface area contributed by atoms with Gasteiger partial charge in [-0.2, -0.15) is 0 Å². The van der Waals surface area contributed by atoms with Gasteiger partial charge in [0, 0.05) is 12.8 Å². The second-order valence-electron chi connectivity index (χ2n) is 5.46. The van der Waals surface area contributed by atoms with Crippen LogP contribution in [0.15, 0.2) is 36.4 Å². The number of imidazole rings is 1. The Morgan fingerprint density at radius 1 is 1.25 bits per heavy atom. The molecule has 1 aromatic carbocycles. The third kappa shape index (κ3) is 3.83. The number of halogens is 1. The molecule has 0 saturated heterocycles. The number of rotatable bonds is 6. The van der Waals surface area contributed by atoms with Crippen LogP contribution in [0, 0.1) is 0 Å². The van der Waals surface area contributed by atoms with Crippen molar-refractivity contribution in [2.45, 2.75) is 25.8 Å². The van der Waals surface area contributed by atoms with E-state index in [1.54, 1.807) is 12.1 Å². The van der Waals surface area contributed by atoms with Gasteiger partial charge in [-0.05, 0) is 31.2 Å². The van der Waals surface area contributed by atoms with Crippen molar-refractivity contribution in [3.63, 3.8) is 0 Å². The van der Waals surface area contributed by atoms with Crippen molar-refractivity contribution in [2.24, 2.45) is 0 Å². The summed E-state index contributed by atoms with van der Waals surface area (Å²) in [5, 5.41) is 2.86. The van der Waals surface area contributed by atoms with Gasteiger partial charge in [0.15, 0.2) is 5.78 Å². The number of ketones is 1. The highest BCUT2D eigenvalue weighted by molar-refractivity contribution is 7.18. The van der Waals surface area contributed by atoms with Gasteiger partial charge in [-0.25, -0.2) is 4.98 Å². The number of H-pyrrole nitrogens is 1. The molecule has 2 N–H and O–H groups in total. The van der Waals surface area contributed by atoms with Gasteiger partial charge in [0.25, 0.3) is 0 Å². The summed E-state index contributed by atoms with van der Waals surface area (Å²) >= 11 is 7.04. The van der Waals surface area contributed by atoms with Gasteiger partial charge >= 0.3 is 0 Å². The Bertz CT molecular complexity index is 854. The molecule has 1 amide bonds. The Morgan fingerprint density at radius 3 is 2.75 bits per heavy atom. The van der Waals surface area contributed by atoms with Crippen LogP contribution in [-0.4, -0.2) is 21.7 Å². The average Bonchev–Trinajstić information content (AvgIpc) is 3.18. The molecule has 2 heterocycles. The van der Waals surface area contributed by atoms with Crippen molar-refractivity contribution in [2.75, 3.05) is 0 Å². The monoisotopic (exact) mass is 361 g/mol. The zero-order chi connectivity index (χ0) is 17.1. The van der Waals surface area contributed by atoms with E-state index in [0.717, 1.165) is 11.0 Å². The number of hydrogen-bond acceptors (Lipinski definition) is 4. The SMILES string of the molecule is C[C@H](NC(=O)CCC(=O)c1ccc(Cl)s1)c1nc2ccccc2[nH]1. The molecule has 0 bridgehead atoms. The van der Waals surface area contributed by atoms with Crippen molar-refractivity contribution in [1.82, 2.24) is 15.3 Å². The number of carbonyl (C=O) groups excluding carboxylic acids is 2. The summed E-state index contributed by atoms with van der Waals surface area (Å²) in [4.78, 5) is 32.3. The lowest BCUT2D eigenvalue weighted by Crippen LogP contribution is -2.27. The molecule has 0 aliphatic rings. The second kappa shape index (κ2) is 7.15. The fraction of sp³-hybridized carbons (Fsp3) is 0.235. The molecule has 5 nitrogen and oxygen atoms in total. The first-order chi connectivity index (χ1) is 11.5. The molecule has 24 heavy (non-hydrogen) atoms. The number of para-hydroxylation sites is 2. The number of Topliss-reactive ketones (excluding diaryl/α,β-unsaturated/α-hetero) is 1. The summed E-state index contributed by atoms with van der Waals surface area (Å²) in [5.74, 6) is 0.443. The van der Waals surface area contributed by atoms with Crippen LogP contribution in [-0.2, 0) is 4.79 Å². The number of nitrogens with zero attached hydrogens (tertiary/aromatic N) is 1. The number of nitrogens with one attached hydrogen (secondary N) is 2. The van der Waals surface area contributed by atoms with Gasteiger partial charge < -0.3 is 10.3 Å². The van der Waals surface area contributed by atoms with Crippen LogP contribution in [0.4, 0.5) is 0 Å². The molecule has 3 rings (SSSR count). The highest BCUT2D eigenvalue weighted by Gasteiger charge is 2.15. The van der Waals surface area contributed by atoms with Crippen molar-refractivity contribution in [3.05, 3.63) is 51.4 Å². The van der Waals surface area contributed by atoms with Gasteiger partial charge in [0.05, 0.1) is 26.3 Å². The van der Waals surface area contributed by atoms with E-state index in [-0.39, 0.29) is 30.6 Å². The largest absolute Gasteiger partial charge is 0.346 e. The van der Waals surface area contributed by atoms with E-state index < -0.39 is 0 Å². The van der Waals surface area contributed by atoms with E-state index in [0.29, 0.717) is 15.0 Å². The lowest BCUT2D eigenvalue weighted by molar-refractivity contribution is -0.121. The smallest absolute Gasteiger partial charge is 0.221 e. The summed E-state index contributed by atoms with van der Waals surface area (Å²) < 4.78 is 0.571. The maximum Gasteiger partial charge on any atom is 0.221 e. The van der Waals surface area contributed by atoms with E-state index in [4.69, 9.17) is 11.6 Å². The number of aromatic amines is 1. The van der Waals surface area contributed by atoms with Crippen LogP contribution in [0.1, 0.15) is 41.3 Å². The van der Waals surface area contributed by atoms with E-state index in [9.17, 15) is 9.59 Å². The molecule has 0 spiro atoms. The number of aromatic nitrogens is 2. The minimum Gasteiger partial charge on any atom is -0.346 e. The average molecular weight is 362 g/mol. The van der Waals surface area contributed by atoms with Gasteiger partial charge in [0.2, 0.25) is 5.91 Å². The predicted octanol–water partition coefficient (Wildman–Crippen LogP) is 4.12. The molecule has 2 aromatic heterocycles. The third-order valence-corrected chi connectivity index (χ3v) is 4.89. The lowest BCUT2D eigenvalue weighted by atomic mass is 10.2. The maximum atomic E-state index is 12.1. The van der Waals surface area contributed by atoms with Crippen LogP contribution in [0.25, 0.3) is 11.0 Å². The van der Waals surface area contributed by atoms with Gasteiger partial charge in [-0.3, -0.25) is 9.59 Å². The minimum absolute atomic E-state index is 0.0709. The molecule has 0 unspecified atom stereocenters. The second-order valence-corrected chi connectivity index (χ2v) is 7.17. The van der Waals surface area contributed by atoms with Gasteiger partial charge in [-0.1, -0.05) is 23.7 Å². The van der Waals surface area contributed by atoms with E-state index in [1.165, 1.54) is 11.3 Å². The van der Waals surface area contributed by atoms with Crippen molar-refractivity contribution in [1.29, 1.82) is 0 Å². The Hall–Kier alpha value is -2.18. The number of benzene rings is 1. The molecule has 124 valence electrons. The van der Waals surface area contributed by atoms with Crippen LogP contribution >= 0.6 is 22.9 Å². The highest BCUT2D eigenvalue weighted by atomic mass is 35.5. The fourth-order valence-corrected chi connectivity index (χ4v) is 3.38. The molecular weight excluding hydrogens is 346 g/mol. The van der Waals surface area contributed by atoms with Crippen LogP contribution in [0.3, 0.4) is 0 Å². The van der Waals surface area contributed by atoms with E-state index >= 15 is 0 Å². The van der Waals surface area contributed by atoms with Gasteiger partial charge in [-0.15, -0.1) is 11.3 Å². The molecule has 3 aromatic rings. The topological polar surface area (TPSA) is 74.8 Å². The first kappa shape index (κ1) is 16.7. The first-order valence-corrected chi connectivity index (χ1v) is 8.75. The molecule has 7 heteroatoms. The Kier molecular flexibility index (Phi) is 4.97. The summed E-state index contributed by atoms with van der Waals surface area (Å²) in [7, 11) is 0. The fourth-order valence-electron chi connectivity index (χ4n) is 2.37. The molecular formula is C17H16ClN3O2S. The highest BCUT2D eigenvalue weighted by Crippen LogP contribution is 2.23. The quantitative estimate of drug-likeness (QED) is 0.648. The maximum absolute atomic E-state index is 12.1. The predicted molar refractivity (Wildman–Crippen MR) is 95.5 cm³/mol. The summed E-state index contributed by atoms with van der Waals surface area (Å²) in [6.45, 7) is 1.86. The van der Waals surface area contributed by atoms with Crippen molar-refractivity contribution >= 4 is 45.7 Å². The summed E-state index contributed by atoms with van der Waals surface area (Å²) in [6, 6.07) is 10.8. The standard InChI is InChI=1S/C17H16ClN3O2S/c1-10(17-20-11-4-2-3-5-12(11)21-17)19-16(23)9-6-13(22)14-7-8-15(18)24-14/h2-5,7-8,10H,6,9H2,1H3,(H,19,23)(H,20,21)/t10-/m0/s1. The Labute approximate surface area is 148 Å². The number of amides is 1. The third-order valence-electron chi connectivity index (χ3n) is 3.62. The Balaban J connectivity index is 1.55.